The molecule has 1 heteroatoms. The molecular formula is C9H20O. The Balaban J connectivity index is 3.89. The molecule has 0 heterocycles. The smallest absolute Gasteiger partial charge is 0.0596 e. The molecule has 0 atom stereocenters. The first-order chi connectivity index (χ1) is 4.27. The van der Waals surface area contributed by atoms with Crippen LogP contribution in [0.25, 0.3) is 0 Å². The van der Waals surface area contributed by atoms with Gasteiger partial charge in [-0.3, -0.25) is 0 Å². The standard InChI is InChI=1S/C9H20O/c1-6-8(2,3)7-9(4,5)10/h10H,6-7H2,1-5H3. The predicted molar refractivity (Wildman–Crippen MR) is 45.0 cm³/mol. The molecule has 0 aromatic carbocycles. The van der Waals surface area contributed by atoms with E-state index < -0.39 is 5.60 Å². The molecule has 0 saturated carbocycles. The molecule has 0 unspecified atom stereocenters. The summed E-state index contributed by atoms with van der Waals surface area (Å²) in [5.74, 6) is 0. The van der Waals surface area contributed by atoms with Gasteiger partial charge in [-0.15, -0.1) is 0 Å². The third-order valence-electron chi connectivity index (χ3n) is 1.87. The van der Waals surface area contributed by atoms with Crippen LogP contribution in [0, 0.1) is 5.41 Å². The fourth-order valence-corrected chi connectivity index (χ4v) is 1.30. The molecule has 10 heavy (non-hydrogen) atoms. The third-order valence-corrected chi connectivity index (χ3v) is 1.87. The summed E-state index contributed by atoms with van der Waals surface area (Å²) in [6, 6.07) is 0. The highest BCUT2D eigenvalue weighted by Crippen LogP contribution is 2.30. The second-order valence-electron chi connectivity index (χ2n) is 4.51. The summed E-state index contributed by atoms with van der Waals surface area (Å²) in [5.41, 5.74) is -0.238. The molecule has 0 aromatic rings. The Kier molecular flexibility index (Phi) is 2.90. The van der Waals surface area contributed by atoms with Gasteiger partial charge in [0.2, 0.25) is 0 Å². The Morgan fingerprint density at radius 3 is 1.60 bits per heavy atom. The quantitative estimate of drug-likeness (QED) is 0.645. The molecule has 0 bridgehead atoms. The van der Waals surface area contributed by atoms with E-state index in [2.05, 4.69) is 20.8 Å². The SMILES string of the molecule is CCC(C)(C)CC(C)(C)O. The Bertz CT molecular complexity index is 97.8. The lowest BCUT2D eigenvalue weighted by Crippen LogP contribution is -2.27. The zero-order chi connectivity index (χ0) is 8.41. The van der Waals surface area contributed by atoms with Crippen LogP contribution in [0.5, 0.6) is 0 Å². The average Bonchev–Trinajstić information content (AvgIpc) is 1.60. The Labute approximate surface area is 64.5 Å². The number of rotatable bonds is 3. The van der Waals surface area contributed by atoms with Gasteiger partial charge in [0.05, 0.1) is 5.60 Å². The number of aliphatic hydroxyl groups is 1. The van der Waals surface area contributed by atoms with E-state index in [0.29, 0.717) is 0 Å². The van der Waals surface area contributed by atoms with Crippen molar-refractivity contribution in [1.82, 2.24) is 0 Å². The van der Waals surface area contributed by atoms with Gasteiger partial charge in [0.25, 0.3) is 0 Å². The summed E-state index contributed by atoms with van der Waals surface area (Å²) in [6.07, 6.45) is 1.99. The molecule has 1 nitrogen and oxygen atoms in total. The molecule has 0 aliphatic rings. The second kappa shape index (κ2) is 2.91. The third kappa shape index (κ3) is 4.80. The van der Waals surface area contributed by atoms with E-state index in [1.54, 1.807) is 0 Å². The van der Waals surface area contributed by atoms with Gasteiger partial charge >= 0.3 is 0 Å². The largest absolute Gasteiger partial charge is 0.390 e. The van der Waals surface area contributed by atoms with E-state index in [-0.39, 0.29) is 5.41 Å². The first-order valence-corrected chi connectivity index (χ1v) is 3.99. The molecule has 0 aromatic heterocycles. The molecule has 0 aliphatic carbocycles. The normalized spacial score (nSPS) is 13.8. The van der Waals surface area contributed by atoms with Crippen molar-refractivity contribution in [2.24, 2.45) is 5.41 Å². The van der Waals surface area contributed by atoms with E-state index in [0.717, 1.165) is 12.8 Å². The van der Waals surface area contributed by atoms with Crippen LogP contribution in [0.3, 0.4) is 0 Å². The summed E-state index contributed by atoms with van der Waals surface area (Å²) in [4.78, 5) is 0. The molecule has 0 fully saturated rings. The minimum absolute atomic E-state index is 0.276. The average molecular weight is 144 g/mol. The van der Waals surface area contributed by atoms with E-state index in [4.69, 9.17) is 0 Å². The van der Waals surface area contributed by atoms with Gasteiger partial charge in [-0.2, -0.15) is 0 Å². The minimum atomic E-state index is -0.514. The lowest BCUT2D eigenvalue weighted by molar-refractivity contribution is 0.0308. The topological polar surface area (TPSA) is 20.2 Å². The fraction of sp³-hybridized carbons (Fsp3) is 1.00. The zero-order valence-corrected chi connectivity index (χ0v) is 7.86. The summed E-state index contributed by atoms with van der Waals surface area (Å²) >= 11 is 0. The molecule has 1 N–H and O–H groups in total. The van der Waals surface area contributed by atoms with Crippen LogP contribution in [0.4, 0.5) is 0 Å². The fourth-order valence-electron chi connectivity index (χ4n) is 1.30. The van der Waals surface area contributed by atoms with Crippen LogP contribution in [-0.4, -0.2) is 10.7 Å². The Morgan fingerprint density at radius 2 is 1.50 bits per heavy atom. The summed E-state index contributed by atoms with van der Waals surface area (Å²) in [7, 11) is 0. The van der Waals surface area contributed by atoms with Crippen molar-refractivity contribution in [2.45, 2.75) is 53.1 Å². The van der Waals surface area contributed by atoms with Crippen molar-refractivity contribution in [2.75, 3.05) is 0 Å². The van der Waals surface area contributed by atoms with Crippen LogP contribution in [-0.2, 0) is 0 Å². The van der Waals surface area contributed by atoms with Crippen LogP contribution < -0.4 is 0 Å². The van der Waals surface area contributed by atoms with Crippen LogP contribution in [0.2, 0.25) is 0 Å². The van der Waals surface area contributed by atoms with Crippen molar-refractivity contribution in [3.8, 4) is 0 Å². The lowest BCUT2D eigenvalue weighted by Gasteiger charge is -2.30. The molecular weight excluding hydrogens is 124 g/mol. The Hall–Kier alpha value is -0.0400. The summed E-state index contributed by atoms with van der Waals surface area (Å²) in [6.45, 7) is 10.3. The maximum absolute atomic E-state index is 9.48. The second-order valence-corrected chi connectivity index (χ2v) is 4.51. The molecule has 0 rings (SSSR count). The van der Waals surface area contributed by atoms with Crippen molar-refractivity contribution in [3.05, 3.63) is 0 Å². The van der Waals surface area contributed by atoms with Gasteiger partial charge in [0.1, 0.15) is 0 Å². The maximum atomic E-state index is 9.48. The van der Waals surface area contributed by atoms with Gasteiger partial charge in [0.15, 0.2) is 0 Å². The van der Waals surface area contributed by atoms with E-state index in [9.17, 15) is 5.11 Å². The highest BCUT2D eigenvalue weighted by Gasteiger charge is 2.24. The van der Waals surface area contributed by atoms with E-state index >= 15 is 0 Å². The zero-order valence-electron chi connectivity index (χ0n) is 7.86. The van der Waals surface area contributed by atoms with Crippen LogP contribution >= 0.6 is 0 Å². The minimum Gasteiger partial charge on any atom is -0.390 e. The van der Waals surface area contributed by atoms with Gasteiger partial charge in [-0.25, -0.2) is 0 Å². The highest BCUT2D eigenvalue weighted by atomic mass is 16.3. The highest BCUT2D eigenvalue weighted by molar-refractivity contribution is 4.76. The van der Waals surface area contributed by atoms with Crippen LogP contribution in [0.15, 0.2) is 0 Å². The monoisotopic (exact) mass is 144 g/mol. The van der Waals surface area contributed by atoms with Gasteiger partial charge < -0.3 is 5.11 Å². The van der Waals surface area contributed by atoms with E-state index in [1.165, 1.54) is 0 Å². The van der Waals surface area contributed by atoms with E-state index in [1.807, 2.05) is 13.8 Å². The molecule has 0 aliphatic heterocycles. The van der Waals surface area contributed by atoms with Crippen molar-refractivity contribution in [1.29, 1.82) is 0 Å². The van der Waals surface area contributed by atoms with Gasteiger partial charge in [-0.05, 0) is 25.7 Å². The number of hydrogen-bond donors (Lipinski definition) is 1. The summed E-state index contributed by atoms with van der Waals surface area (Å²) < 4.78 is 0. The van der Waals surface area contributed by atoms with Crippen molar-refractivity contribution < 1.29 is 5.11 Å². The first kappa shape index (κ1) is 9.96. The molecule has 62 valence electrons. The van der Waals surface area contributed by atoms with Gasteiger partial charge in [-0.1, -0.05) is 27.2 Å². The molecule has 0 amide bonds. The Morgan fingerprint density at radius 1 is 1.10 bits per heavy atom. The number of hydrogen-bond acceptors (Lipinski definition) is 1. The lowest BCUT2D eigenvalue weighted by atomic mass is 9.80. The van der Waals surface area contributed by atoms with Crippen molar-refractivity contribution >= 4 is 0 Å². The molecule has 0 saturated heterocycles. The van der Waals surface area contributed by atoms with Crippen molar-refractivity contribution in [3.63, 3.8) is 0 Å². The predicted octanol–water partition coefficient (Wildman–Crippen LogP) is 2.58. The first-order valence-electron chi connectivity index (χ1n) is 3.99. The van der Waals surface area contributed by atoms with Crippen LogP contribution in [0.1, 0.15) is 47.5 Å². The summed E-state index contributed by atoms with van der Waals surface area (Å²) in [5, 5.41) is 9.48. The molecule has 0 radical (unpaired) electrons. The molecule has 0 spiro atoms. The maximum Gasteiger partial charge on any atom is 0.0596 e. The van der Waals surface area contributed by atoms with Gasteiger partial charge in [0, 0.05) is 0 Å².